The maximum atomic E-state index is 11.0. The molecule has 0 aromatic heterocycles. The van der Waals surface area contributed by atoms with Crippen molar-refractivity contribution in [2.75, 3.05) is 0 Å². The van der Waals surface area contributed by atoms with E-state index >= 15 is 0 Å². The Morgan fingerprint density at radius 3 is 1.92 bits per heavy atom. The number of halogens is 1. The molecular weight excluding hydrogens is 244 g/mol. The average Bonchev–Trinajstić information content (AvgIpc) is 1.82. The van der Waals surface area contributed by atoms with Gasteiger partial charge in [0.1, 0.15) is 6.29 Å². The zero-order valence-electron chi connectivity index (χ0n) is 9.15. The van der Waals surface area contributed by atoms with Gasteiger partial charge in [0.25, 0.3) is 0 Å². The molecule has 0 aromatic carbocycles. The van der Waals surface area contributed by atoms with E-state index < -0.39 is 8.07 Å². The summed E-state index contributed by atoms with van der Waals surface area (Å²) in [4.78, 5) is 11.0. The van der Waals surface area contributed by atoms with Crippen LogP contribution in [0, 0.1) is 5.41 Å². The van der Waals surface area contributed by atoms with Crippen molar-refractivity contribution in [3.05, 3.63) is 11.1 Å². The van der Waals surface area contributed by atoms with E-state index in [0.29, 0.717) is 0 Å². The number of carbonyl (C=O) groups excluding carboxylic acids is 1. The first-order chi connectivity index (χ1) is 5.63. The molecule has 0 amide bonds. The summed E-state index contributed by atoms with van der Waals surface area (Å²) in [6, 6.07) is 0. The summed E-state index contributed by atoms with van der Waals surface area (Å²) in [6.45, 7) is 14.7. The minimum absolute atomic E-state index is 0.289. The minimum atomic E-state index is -1.38. The number of hydrogen-bond donors (Lipinski definition) is 0. The van der Waals surface area contributed by atoms with Crippen LogP contribution in [0.15, 0.2) is 11.1 Å². The molecule has 0 radical (unpaired) electrons. The highest BCUT2D eigenvalue weighted by molar-refractivity contribution is 9.11. The van der Waals surface area contributed by atoms with Crippen molar-refractivity contribution in [1.29, 1.82) is 0 Å². The van der Waals surface area contributed by atoms with Crippen molar-refractivity contribution in [2.45, 2.75) is 39.0 Å². The first kappa shape index (κ1) is 13.1. The lowest BCUT2D eigenvalue weighted by Crippen LogP contribution is -2.39. The molecule has 0 saturated carbocycles. The lowest BCUT2D eigenvalue weighted by Gasteiger charge is -2.38. The standard InChI is InChI=1S/C10H19BrOSi/c1-8(11)9(13(4,5)6)10(2,3)7-12/h7,9H,1H2,2-6H3. The molecule has 0 saturated heterocycles. The van der Waals surface area contributed by atoms with Gasteiger partial charge in [0.15, 0.2) is 0 Å². The zero-order chi connectivity index (χ0) is 10.9. The first-order valence-electron chi connectivity index (χ1n) is 4.43. The van der Waals surface area contributed by atoms with Gasteiger partial charge < -0.3 is 4.79 Å². The third kappa shape index (κ3) is 3.39. The molecular formula is C10H19BrOSi. The number of aldehydes is 1. The van der Waals surface area contributed by atoms with Crippen LogP contribution in [0.3, 0.4) is 0 Å². The van der Waals surface area contributed by atoms with E-state index in [1.165, 1.54) is 0 Å². The average molecular weight is 263 g/mol. The number of hydrogen-bond acceptors (Lipinski definition) is 1. The molecule has 0 bridgehead atoms. The van der Waals surface area contributed by atoms with E-state index in [9.17, 15) is 4.79 Å². The lowest BCUT2D eigenvalue weighted by molar-refractivity contribution is -0.114. The molecule has 0 fully saturated rings. The van der Waals surface area contributed by atoms with Crippen LogP contribution in [0.2, 0.25) is 25.2 Å². The van der Waals surface area contributed by atoms with E-state index in [1.54, 1.807) is 0 Å². The summed E-state index contributed by atoms with van der Waals surface area (Å²) in [5.74, 6) is 0. The van der Waals surface area contributed by atoms with Gasteiger partial charge in [-0.2, -0.15) is 0 Å². The predicted octanol–water partition coefficient (Wildman–Crippen LogP) is 3.83. The molecule has 0 aliphatic rings. The predicted molar refractivity (Wildman–Crippen MR) is 65.0 cm³/mol. The van der Waals surface area contributed by atoms with Crippen LogP contribution >= 0.6 is 15.9 Å². The molecule has 3 heteroatoms. The quantitative estimate of drug-likeness (QED) is 0.556. The van der Waals surface area contributed by atoms with Gasteiger partial charge >= 0.3 is 0 Å². The van der Waals surface area contributed by atoms with Crippen molar-refractivity contribution in [3.8, 4) is 0 Å². The van der Waals surface area contributed by atoms with Gasteiger partial charge in [0, 0.05) is 5.41 Å². The van der Waals surface area contributed by atoms with E-state index in [-0.39, 0.29) is 11.0 Å². The molecule has 1 nitrogen and oxygen atoms in total. The molecule has 0 heterocycles. The van der Waals surface area contributed by atoms with Crippen LogP contribution in [0.1, 0.15) is 13.8 Å². The van der Waals surface area contributed by atoms with Crippen LogP contribution in [-0.2, 0) is 4.79 Å². The van der Waals surface area contributed by atoms with Gasteiger partial charge in [-0.15, -0.1) is 0 Å². The van der Waals surface area contributed by atoms with Crippen LogP contribution in [0.5, 0.6) is 0 Å². The lowest BCUT2D eigenvalue weighted by atomic mass is 9.91. The van der Waals surface area contributed by atoms with Gasteiger partial charge in [0.05, 0.1) is 8.07 Å². The summed E-state index contributed by atoms with van der Waals surface area (Å²) in [5, 5.41) is 0. The molecule has 0 rings (SSSR count). The Balaban J connectivity index is 5.05. The van der Waals surface area contributed by atoms with Gasteiger partial charge in [-0.3, -0.25) is 0 Å². The fraction of sp³-hybridized carbons (Fsp3) is 0.700. The Kier molecular flexibility index (Phi) is 4.12. The number of allylic oxidation sites excluding steroid dienone is 1. The topological polar surface area (TPSA) is 17.1 Å². The molecule has 0 aliphatic carbocycles. The van der Waals surface area contributed by atoms with Crippen molar-refractivity contribution < 1.29 is 4.79 Å². The molecule has 13 heavy (non-hydrogen) atoms. The molecule has 1 atom stereocenters. The largest absolute Gasteiger partial charge is 0.303 e. The van der Waals surface area contributed by atoms with Crippen LogP contribution < -0.4 is 0 Å². The van der Waals surface area contributed by atoms with E-state index in [4.69, 9.17) is 0 Å². The normalized spacial score (nSPS) is 15.2. The zero-order valence-corrected chi connectivity index (χ0v) is 11.7. The summed E-state index contributed by atoms with van der Waals surface area (Å²) in [7, 11) is -1.38. The molecule has 0 N–H and O–H groups in total. The van der Waals surface area contributed by atoms with Gasteiger partial charge in [-0.05, 0) is 10.0 Å². The molecule has 0 spiro atoms. The monoisotopic (exact) mass is 262 g/mol. The van der Waals surface area contributed by atoms with E-state index in [1.807, 2.05) is 13.8 Å². The second-order valence-electron chi connectivity index (χ2n) is 5.19. The second kappa shape index (κ2) is 4.09. The third-order valence-corrected chi connectivity index (χ3v) is 5.93. The molecule has 0 aliphatic heterocycles. The number of rotatable bonds is 4. The SMILES string of the molecule is C=C(Br)C(C(C)(C)C=O)[Si](C)(C)C. The van der Waals surface area contributed by atoms with Crippen molar-refractivity contribution >= 4 is 30.3 Å². The number of carbonyl (C=O) groups is 1. The van der Waals surface area contributed by atoms with Gasteiger partial charge in [-0.25, -0.2) is 0 Å². The second-order valence-corrected chi connectivity index (χ2v) is 11.5. The Morgan fingerprint density at radius 2 is 1.85 bits per heavy atom. The molecule has 1 unspecified atom stereocenters. The maximum Gasteiger partial charge on any atom is 0.125 e. The highest BCUT2D eigenvalue weighted by Crippen LogP contribution is 2.45. The highest BCUT2D eigenvalue weighted by atomic mass is 79.9. The van der Waals surface area contributed by atoms with Crippen molar-refractivity contribution in [3.63, 3.8) is 0 Å². The van der Waals surface area contributed by atoms with Crippen LogP contribution in [0.25, 0.3) is 0 Å². The van der Waals surface area contributed by atoms with Gasteiger partial charge in [-0.1, -0.05) is 56.0 Å². The summed E-state index contributed by atoms with van der Waals surface area (Å²) < 4.78 is 0.962. The molecule has 76 valence electrons. The Bertz CT molecular complexity index is 215. The summed E-state index contributed by atoms with van der Waals surface area (Å²) in [6.07, 6.45) is 1.04. The first-order valence-corrected chi connectivity index (χ1v) is 8.80. The fourth-order valence-electron chi connectivity index (χ4n) is 2.06. The van der Waals surface area contributed by atoms with Crippen molar-refractivity contribution in [2.24, 2.45) is 5.41 Å². The highest BCUT2D eigenvalue weighted by Gasteiger charge is 2.40. The Labute approximate surface area is 90.7 Å². The summed E-state index contributed by atoms with van der Waals surface area (Å²) in [5.41, 5.74) is -0.0112. The maximum absolute atomic E-state index is 11.0. The van der Waals surface area contributed by atoms with Crippen LogP contribution in [-0.4, -0.2) is 14.4 Å². The third-order valence-electron chi connectivity index (χ3n) is 2.23. The Hall–Kier alpha value is 0.107. The Morgan fingerprint density at radius 1 is 1.46 bits per heavy atom. The van der Waals surface area contributed by atoms with E-state index in [0.717, 1.165) is 10.8 Å². The van der Waals surface area contributed by atoms with Crippen molar-refractivity contribution in [1.82, 2.24) is 0 Å². The minimum Gasteiger partial charge on any atom is -0.303 e. The molecule has 0 aromatic rings. The van der Waals surface area contributed by atoms with Crippen LogP contribution in [0.4, 0.5) is 0 Å². The van der Waals surface area contributed by atoms with Gasteiger partial charge in [0.2, 0.25) is 0 Å². The smallest absolute Gasteiger partial charge is 0.125 e. The fourth-order valence-corrected chi connectivity index (χ4v) is 7.95. The van der Waals surface area contributed by atoms with E-state index in [2.05, 4.69) is 42.1 Å². The summed E-state index contributed by atoms with van der Waals surface area (Å²) >= 11 is 3.43.